The maximum atomic E-state index is 11.4. The van der Waals surface area contributed by atoms with E-state index in [1.54, 1.807) is 6.20 Å². The van der Waals surface area contributed by atoms with Crippen molar-refractivity contribution in [3.63, 3.8) is 0 Å². The first kappa shape index (κ1) is 15.2. The molecule has 120 valence electrons. The van der Waals surface area contributed by atoms with Gasteiger partial charge < -0.3 is 9.64 Å². The Bertz CT molecular complexity index is 532. The van der Waals surface area contributed by atoms with E-state index < -0.39 is 5.97 Å². The molecule has 0 spiro atoms. The molecule has 1 fully saturated rings. The Morgan fingerprint density at radius 2 is 2.14 bits per heavy atom. The number of allylic oxidation sites excluding steroid dienone is 2. The topological polar surface area (TPSA) is 60.2 Å². The van der Waals surface area contributed by atoms with E-state index in [4.69, 9.17) is 0 Å². The second-order valence-electron chi connectivity index (χ2n) is 6.26. The minimum absolute atomic E-state index is 0.291. The van der Waals surface area contributed by atoms with Crippen LogP contribution >= 0.6 is 0 Å². The van der Waals surface area contributed by atoms with Crippen molar-refractivity contribution in [3.05, 3.63) is 24.0 Å². The van der Waals surface area contributed by atoms with Crippen molar-refractivity contribution in [1.82, 2.24) is 19.9 Å². The number of rotatable bonds is 4. The molecule has 22 heavy (non-hydrogen) atoms. The molecule has 0 amide bonds. The molecule has 0 aromatic carbocycles. The van der Waals surface area contributed by atoms with E-state index >= 15 is 0 Å². The molecule has 0 bridgehead atoms. The van der Waals surface area contributed by atoms with Crippen LogP contribution in [0.15, 0.2) is 18.3 Å². The zero-order chi connectivity index (χ0) is 15.4. The first-order valence-electron chi connectivity index (χ1n) is 8.13. The summed E-state index contributed by atoms with van der Waals surface area (Å²) in [5, 5.41) is 7.98. The standard InChI is InChI=1S/C16H24N4O2/c1-22-16(21)15-12-20(18-17-15)14-7-9-19(10-8-14)11-13-5-3-2-4-6-13/h2-3,12-14H,4-11H2,1H3/t13-/m1/s1. The number of hydrogen-bond donors (Lipinski definition) is 0. The molecule has 0 saturated carbocycles. The maximum absolute atomic E-state index is 11.4. The van der Waals surface area contributed by atoms with E-state index in [1.807, 2.05) is 4.68 Å². The summed E-state index contributed by atoms with van der Waals surface area (Å²) in [6, 6.07) is 0.341. The molecule has 6 nitrogen and oxygen atoms in total. The van der Waals surface area contributed by atoms with Crippen molar-refractivity contribution in [2.45, 2.75) is 38.1 Å². The molecule has 0 radical (unpaired) electrons. The summed E-state index contributed by atoms with van der Waals surface area (Å²) in [5.74, 6) is 0.396. The summed E-state index contributed by atoms with van der Waals surface area (Å²) >= 11 is 0. The Morgan fingerprint density at radius 3 is 2.82 bits per heavy atom. The molecule has 0 N–H and O–H groups in total. The van der Waals surface area contributed by atoms with Crippen LogP contribution in [-0.2, 0) is 4.74 Å². The zero-order valence-electron chi connectivity index (χ0n) is 13.1. The van der Waals surface area contributed by atoms with Gasteiger partial charge in [-0.25, -0.2) is 9.48 Å². The second kappa shape index (κ2) is 7.05. The minimum atomic E-state index is -0.422. The lowest BCUT2D eigenvalue weighted by molar-refractivity contribution is 0.0594. The van der Waals surface area contributed by atoms with Gasteiger partial charge in [0.25, 0.3) is 0 Å². The van der Waals surface area contributed by atoms with Gasteiger partial charge in [-0.2, -0.15) is 0 Å². The third-order valence-electron chi connectivity index (χ3n) is 4.73. The van der Waals surface area contributed by atoms with Crippen molar-refractivity contribution < 1.29 is 9.53 Å². The average molecular weight is 304 g/mol. The number of aromatic nitrogens is 3. The summed E-state index contributed by atoms with van der Waals surface area (Å²) in [6.07, 6.45) is 12.2. The summed E-state index contributed by atoms with van der Waals surface area (Å²) in [4.78, 5) is 14.0. The summed E-state index contributed by atoms with van der Waals surface area (Å²) in [5.41, 5.74) is 0.291. The number of carbonyl (C=O) groups is 1. The fraction of sp³-hybridized carbons (Fsp3) is 0.688. The fourth-order valence-electron chi connectivity index (χ4n) is 3.41. The minimum Gasteiger partial charge on any atom is -0.464 e. The Hall–Kier alpha value is -1.69. The molecule has 6 heteroatoms. The van der Waals surface area contributed by atoms with E-state index in [0.717, 1.165) is 31.8 Å². The van der Waals surface area contributed by atoms with Gasteiger partial charge in [0.15, 0.2) is 5.69 Å². The van der Waals surface area contributed by atoms with Crippen LogP contribution < -0.4 is 0 Å². The van der Waals surface area contributed by atoms with Gasteiger partial charge in [-0.05, 0) is 38.0 Å². The Morgan fingerprint density at radius 1 is 1.32 bits per heavy atom. The molecule has 0 unspecified atom stereocenters. The Kier molecular flexibility index (Phi) is 4.87. The van der Waals surface area contributed by atoms with Gasteiger partial charge in [0.05, 0.1) is 19.3 Å². The van der Waals surface area contributed by atoms with E-state index in [2.05, 4.69) is 32.1 Å². The Balaban J connectivity index is 1.49. The first-order chi connectivity index (χ1) is 10.8. The van der Waals surface area contributed by atoms with Gasteiger partial charge in [-0.15, -0.1) is 5.10 Å². The number of likely N-dealkylation sites (tertiary alicyclic amines) is 1. The van der Waals surface area contributed by atoms with Gasteiger partial charge in [0, 0.05) is 19.6 Å². The predicted molar refractivity (Wildman–Crippen MR) is 82.6 cm³/mol. The van der Waals surface area contributed by atoms with E-state index in [1.165, 1.54) is 32.9 Å². The number of esters is 1. The third kappa shape index (κ3) is 3.55. The quantitative estimate of drug-likeness (QED) is 0.629. The van der Waals surface area contributed by atoms with Crippen LogP contribution in [-0.4, -0.2) is 52.6 Å². The fourth-order valence-corrected chi connectivity index (χ4v) is 3.41. The molecule has 2 aliphatic rings. The van der Waals surface area contributed by atoms with Crippen LogP contribution in [0, 0.1) is 5.92 Å². The van der Waals surface area contributed by atoms with Gasteiger partial charge in [0.2, 0.25) is 0 Å². The molecule has 1 aliphatic heterocycles. The number of nitrogens with zero attached hydrogens (tertiary/aromatic N) is 4. The number of carbonyl (C=O) groups excluding carboxylic acids is 1. The molecule has 1 aromatic heterocycles. The highest BCUT2D eigenvalue weighted by molar-refractivity contribution is 5.86. The number of piperidine rings is 1. The van der Waals surface area contributed by atoms with E-state index in [0.29, 0.717) is 11.7 Å². The molecular formula is C16H24N4O2. The van der Waals surface area contributed by atoms with Crippen LogP contribution in [0.25, 0.3) is 0 Å². The molecule has 1 aliphatic carbocycles. The average Bonchev–Trinajstić information content (AvgIpc) is 3.06. The monoisotopic (exact) mass is 304 g/mol. The zero-order valence-corrected chi connectivity index (χ0v) is 13.1. The molecular weight excluding hydrogens is 280 g/mol. The normalized spacial score (nSPS) is 23.6. The summed E-state index contributed by atoms with van der Waals surface area (Å²) < 4.78 is 6.50. The SMILES string of the molecule is COC(=O)c1cn(C2CCN(C[C@@H]3CC=CCC3)CC2)nn1. The van der Waals surface area contributed by atoms with Crippen LogP contribution in [0.5, 0.6) is 0 Å². The van der Waals surface area contributed by atoms with E-state index in [9.17, 15) is 4.79 Å². The van der Waals surface area contributed by atoms with Crippen LogP contribution in [0.1, 0.15) is 48.6 Å². The van der Waals surface area contributed by atoms with Crippen molar-refractivity contribution in [1.29, 1.82) is 0 Å². The van der Waals surface area contributed by atoms with Crippen molar-refractivity contribution >= 4 is 5.97 Å². The maximum Gasteiger partial charge on any atom is 0.360 e. The van der Waals surface area contributed by atoms with Gasteiger partial charge in [0.1, 0.15) is 0 Å². The first-order valence-corrected chi connectivity index (χ1v) is 8.13. The highest BCUT2D eigenvalue weighted by Crippen LogP contribution is 2.25. The predicted octanol–water partition coefficient (Wildman–Crippen LogP) is 2.06. The summed E-state index contributed by atoms with van der Waals surface area (Å²) in [6.45, 7) is 3.40. The highest BCUT2D eigenvalue weighted by Gasteiger charge is 2.24. The highest BCUT2D eigenvalue weighted by atomic mass is 16.5. The van der Waals surface area contributed by atoms with Crippen molar-refractivity contribution in [3.8, 4) is 0 Å². The molecule has 1 aromatic rings. The van der Waals surface area contributed by atoms with Crippen molar-refractivity contribution in [2.24, 2.45) is 5.92 Å². The smallest absolute Gasteiger partial charge is 0.360 e. The largest absolute Gasteiger partial charge is 0.464 e. The van der Waals surface area contributed by atoms with Crippen LogP contribution in [0.2, 0.25) is 0 Å². The number of methoxy groups -OCH3 is 1. The van der Waals surface area contributed by atoms with Crippen LogP contribution in [0.3, 0.4) is 0 Å². The lowest BCUT2D eigenvalue weighted by Crippen LogP contribution is -2.38. The molecule has 3 rings (SSSR count). The van der Waals surface area contributed by atoms with Gasteiger partial charge >= 0.3 is 5.97 Å². The Labute approximate surface area is 131 Å². The van der Waals surface area contributed by atoms with Crippen LogP contribution in [0.4, 0.5) is 0 Å². The third-order valence-corrected chi connectivity index (χ3v) is 4.73. The molecule has 1 atom stereocenters. The van der Waals surface area contributed by atoms with E-state index in [-0.39, 0.29) is 0 Å². The molecule has 2 heterocycles. The lowest BCUT2D eigenvalue weighted by atomic mass is 9.93. The van der Waals surface area contributed by atoms with Gasteiger partial charge in [-0.3, -0.25) is 0 Å². The van der Waals surface area contributed by atoms with Crippen molar-refractivity contribution in [2.75, 3.05) is 26.7 Å². The lowest BCUT2D eigenvalue weighted by Gasteiger charge is -2.34. The number of hydrogen-bond acceptors (Lipinski definition) is 5. The molecule has 1 saturated heterocycles. The van der Waals surface area contributed by atoms with Gasteiger partial charge in [-0.1, -0.05) is 17.4 Å². The number of ether oxygens (including phenoxy) is 1. The summed E-state index contributed by atoms with van der Waals surface area (Å²) in [7, 11) is 1.36. The second-order valence-corrected chi connectivity index (χ2v) is 6.26.